The van der Waals surface area contributed by atoms with E-state index in [4.69, 9.17) is 0 Å². The highest BCUT2D eigenvalue weighted by atomic mass is 79.9. The molecule has 0 radical (unpaired) electrons. The fourth-order valence-electron chi connectivity index (χ4n) is 2.54. The van der Waals surface area contributed by atoms with E-state index in [2.05, 4.69) is 67.7 Å². The molecule has 6 heteroatoms. The second kappa shape index (κ2) is 10.1. The number of aromatic nitrogens is 2. The Bertz CT molecular complexity index is 624. The van der Waals surface area contributed by atoms with E-state index in [1.807, 2.05) is 24.1 Å². The van der Waals surface area contributed by atoms with Crippen molar-refractivity contribution in [2.75, 3.05) is 20.1 Å². The molecule has 1 heterocycles. The Morgan fingerprint density at radius 2 is 2.25 bits per heavy atom. The lowest BCUT2D eigenvalue weighted by atomic mass is 9.97. The number of nitrogens with zero attached hydrogens (tertiary/aromatic N) is 3. The van der Waals surface area contributed by atoms with Crippen LogP contribution < -0.4 is 10.6 Å². The van der Waals surface area contributed by atoms with Crippen LogP contribution in [-0.2, 0) is 13.0 Å². The molecule has 0 spiro atoms. The molecule has 0 aliphatic rings. The molecule has 0 saturated carbocycles. The molecule has 24 heavy (non-hydrogen) atoms. The minimum atomic E-state index is 0.575. The molecule has 0 fully saturated rings. The third-order valence-corrected chi connectivity index (χ3v) is 4.49. The van der Waals surface area contributed by atoms with Gasteiger partial charge in [0.1, 0.15) is 0 Å². The molecule has 0 amide bonds. The Hall–Kier alpha value is -1.82. The van der Waals surface area contributed by atoms with Gasteiger partial charge in [0, 0.05) is 43.5 Å². The summed E-state index contributed by atoms with van der Waals surface area (Å²) in [7, 11) is 1.81. The molecule has 1 aromatic carbocycles. The van der Waals surface area contributed by atoms with Crippen LogP contribution in [0.2, 0.25) is 0 Å². The zero-order valence-electron chi connectivity index (χ0n) is 14.4. The fraction of sp³-hybridized carbons (Fsp3) is 0.444. The number of hydrogen-bond donors (Lipinski definition) is 2. The van der Waals surface area contributed by atoms with E-state index in [0.29, 0.717) is 5.92 Å². The highest BCUT2D eigenvalue weighted by molar-refractivity contribution is 9.10. The van der Waals surface area contributed by atoms with Crippen molar-refractivity contribution in [2.24, 2.45) is 10.9 Å². The Labute approximate surface area is 152 Å². The standard InChI is InChI=1S/C18H26BrN5/c1-3-15(11-16-5-4-6-17(19)12-16)13-23-18(20-2)22-8-10-24-9-7-21-14-24/h4-7,9,12,14-15H,3,8,10-11,13H2,1-2H3,(H2,20,22,23). The van der Waals surface area contributed by atoms with Crippen molar-refractivity contribution in [1.29, 1.82) is 0 Å². The number of hydrogen-bond acceptors (Lipinski definition) is 2. The molecular weight excluding hydrogens is 366 g/mol. The molecule has 0 saturated heterocycles. The number of nitrogens with one attached hydrogen (secondary N) is 2. The zero-order chi connectivity index (χ0) is 17.2. The number of benzene rings is 1. The summed E-state index contributed by atoms with van der Waals surface area (Å²) in [5.74, 6) is 1.43. The van der Waals surface area contributed by atoms with Gasteiger partial charge in [0.15, 0.2) is 5.96 Å². The van der Waals surface area contributed by atoms with Crippen molar-refractivity contribution >= 4 is 21.9 Å². The summed E-state index contributed by atoms with van der Waals surface area (Å²) in [5, 5.41) is 6.78. The third-order valence-electron chi connectivity index (χ3n) is 3.99. The molecule has 0 bridgehead atoms. The number of halogens is 1. The molecule has 5 nitrogen and oxygen atoms in total. The summed E-state index contributed by atoms with van der Waals surface area (Å²) in [4.78, 5) is 8.34. The maximum atomic E-state index is 4.30. The summed E-state index contributed by atoms with van der Waals surface area (Å²) in [6.07, 6.45) is 7.77. The number of rotatable bonds is 8. The van der Waals surface area contributed by atoms with Gasteiger partial charge >= 0.3 is 0 Å². The van der Waals surface area contributed by atoms with Gasteiger partial charge in [-0.2, -0.15) is 0 Å². The van der Waals surface area contributed by atoms with Crippen molar-refractivity contribution in [3.8, 4) is 0 Å². The van der Waals surface area contributed by atoms with Crippen LogP contribution in [0.3, 0.4) is 0 Å². The van der Waals surface area contributed by atoms with E-state index in [1.165, 1.54) is 5.56 Å². The van der Waals surface area contributed by atoms with E-state index in [-0.39, 0.29) is 0 Å². The molecule has 2 rings (SSSR count). The second-order valence-electron chi connectivity index (χ2n) is 5.79. The van der Waals surface area contributed by atoms with Crippen molar-refractivity contribution < 1.29 is 0 Å². The van der Waals surface area contributed by atoms with Crippen LogP contribution in [-0.4, -0.2) is 35.6 Å². The van der Waals surface area contributed by atoms with Crippen LogP contribution in [0.1, 0.15) is 18.9 Å². The molecule has 0 aliphatic carbocycles. The summed E-state index contributed by atoms with van der Waals surface area (Å²) < 4.78 is 3.18. The maximum Gasteiger partial charge on any atom is 0.191 e. The molecule has 1 unspecified atom stereocenters. The third kappa shape index (κ3) is 6.35. The van der Waals surface area contributed by atoms with Crippen molar-refractivity contribution in [2.45, 2.75) is 26.3 Å². The first kappa shape index (κ1) is 18.5. The van der Waals surface area contributed by atoms with Gasteiger partial charge < -0.3 is 15.2 Å². The topological polar surface area (TPSA) is 54.2 Å². The summed E-state index contributed by atoms with van der Waals surface area (Å²) in [6.45, 7) is 4.84. The predicted octanol–water partition coefficient (Wildman–Crippen LogP) is 3.08. The Balaban J connectivity index is 1.75. The molecule has 130 valence electrons. The van der Waals surface area contributed by atoms with Crippen LogP contribution in [0, 0.1) is 5.92 Å². The lowest BCUT2D eigenvalue weighted by Gasteiger charge is -2.18. The fourth-order valence-corrected chi connectivity index (χ4v) is 2.99. The predicted molar refractivity (Wildman–Crippen MR) is 103 cm³/mol. The molecular formula is C18H26BrN5. The Kier molecular flexibility index (Phi) is 7.82. The lowest BCUT2D eigenvalue weighted by Crippen LogP contribution is -2.41. The van der Waals surface area contributed by atoms with Crippen LogP contribution in [0.5, 0.6) is 0 Å². The quantitative estimate of drug-likeness (QED) is 0.536. The van der Waals surface area contributed by atoms with Gasteiger partial charge in [-0.1, -0.05) is 41.4 Å². The summed E-state index contributed by atoms with van der Waals surface area (Å²) in [6, 6.07) is 8.54. The van der Waals surface area contributed by atoms with E-state index in [0.717, 1.165) is 42.9 Å². The first-order valence-corrected chi connectivity index (χ1v) is 9.15. The Morgan fingerprint density at radius 3 is 2.92 bits per heavy atom. The first-order chi connectivity index (χ1) is 11.7. The molecule has 2 N–H and O–H groups in total. The van der Waals surface area contributed by atoms with Gasteiger partial charge in [-0.05, 0) is 30.0 Å². The van der Waals surface area contributed by atoms with E-state index in [9.17, 15) is 0 Å². The molecule has 1 aromatic heterocycles. The number of imidazole rings is 1. The smallest absolute Gasteiger partial charge is 0.191 e. The second-order valence-corrected chi connectivity index (χ2v) is 6.70. The highest BCUT2D eigenvalue weighted by Crippen LogP contribution is 2.16. The lowest BCUT2D eigenvalue weighted by molar-refractivity contribution is 0.493. The van der Waals surface area contributed by atoms with Gasteiger partial charge in [0.25, 0.3) is 0 Å². The largest absolute Gasteiger partial charge is 0.356 e. The number of guanidine groups is 1. The average molecular weight is 392 g/mol. The highest BCUT2D eigenvalue weighted by Gasteiger charge is 2.09. The molecule has 0 aliphatic heterocycles. The monoisotopic (exact) mass is 391 g/mol. The summed E-state index contributed by atoms with van der Waals surface area (Å²) in [5.41, 5.74) is 1.36. The van der Waals surface area contributed by atoms with Crippen LogP contribution in [0.25, 0.3) is 0 Å². The van der Waals surface area contributed by atoms with Gasteiger partial charge in [0.05, 0.1) is 6.33 Å². The van der Waals surface area contributed by atoms with Crippen molar-refractivity contribution in [3.63, 3.8) is 0 Å². The zero-order valence-corrected chi connectivity index (χ0v) is 16.0. The van der Waals surface area contributed by atoms with Crippen LogP contribution >= 0.6 is 15.9 Å². The van der Waals surface area contributed by atoms with E-state index in [1.54, 1.807) is 6.20 Å². The van der Waals surface area contributed by atoms with Crippen LogP contribution in [0.4, 0.5) is 0 Å². The van der Waals surface area contributed by atoms with E-state index >= 15 is 0 Å². The molecule has 1 atom stereocenters. The van der Waals surface area contributed by atoms with Crippen LogP contribution in [0.15, 0.2) is 52.5 Å². The van der Waals surface area contributed by atoms with Gasteiger partial charge in [-0.25, -0.2) is 4.98 Å². The van der Waals surface area contributed by atoms with Crippen molar-refractivity contribution in [3.05, 3.63) is 53.0 Å². The minimum absolute atomic E-state index is 0.575. The SMILES string of the molecule is CCC(CNC(=NC)NCCn1ccnc1)Cc1cccc(Br)c1. The molecule has 2 aromatic rings. The summed E-state index contributed by atoms with van der Waals surface area (Å²) >= 11 is 3.54. The average Bonchev–Trinajstić information content (AvgIpc) is 3.10. The van der Waals surface area contributed by atoms with E-state index < -0.39 is 0 Å². The van der Waals surface area contributed by atoms with Gasteiger partial charge in [-0.15, -0.1) is 0 Å². The minimum Gasteiger partial charge on any atom is -0.356 e. The first-order valence-electron chi connectivity index (χ1n) is 8.36. The maximum absolute atomic E-state index is 4.30. The van der Waals surface area contributed by atoms with Gasteiger partial charge in [0.2, 0.25) is 0 Å². The Morgan fingerprint density at radius 1 is 1.38 bits per heavy atom. The normalized spacial score (nSPS) is 12.9. The van der Waals surface area contributed by atoms with Crippen molar-refractivity contribution in [1.82, 2.24) is 20.2 Å². The van der Waals surface area contributed by atoms with Gasteiger partial charge in [-0.3, -0.25) is 4.99 Å². The number of aliphatic imine (C=N–C) groups is 1.